The number of amides is 2. The van der Waals surface area contributed by atoms with Crippen LogP contribution >= 0.6 is 0 Å². The first-order valence-corrected chi connectivity index (χ1v) is 6.21. The number of hydrogen-bond acceptors (Lipinski definition) is 2. The lowest BCUT2D eigenvalue weighted by Crippen LogP contribution is -2.38. The summed E-state index contributed by atoms with van der Waals surface area (Å²) in [5, 5.41) is 3.59. The second-order valence-corrected chi connectivity index (χ2v) is 4.36. The number of nitrogens with zero attached hydrogens (tertiary/aromatic N) is 1. The predicted molar refractivity (Wildman–Crippen MR) is 73.9 cm³/mol. The molecule has 0 saturated carbocycles. The smallest absolute Gasteiger partial charge is 0.268 e. The van der Waals surface area contributed by atoms with Crippen LogP contribution < -0.4 is 5.32 Å². The molecule has 0 unspecified atom stereocenters. The fraction of sp³-hybridized carbons (Fsp3) is 0.286. The minimum atomic E-state index is -0.269. The molecule has 1 heterocycles. The molecule has 0 radical (unpaired) electrons. The third kappa shape index (κ3) is 2.93. The van der Waals surface area contributed by atoms with Crippen LogP contribution in [0.15, 0.2) is 30.3 Å². The van der Waals surface area contributed by atoms with E-state index in [0.717, 1.165) is 10.9 Å². The maximum atomic E-state index is 11.9. The Balaban J connectivity index is 2.02. The van der Waals surface area contributed by atoms with Crippen molar-refractivity contribution in [2.45, 2.75) is 6.92 Å². The summed E-state index contributed by atoms with van der Waals surface area (Å²) in [5.41, 5.74) is 1.37. The molecule has 0 bridgehead atoms. The molecular formula is C14H17N3O2. The van der Waals surface area contributed by atoms with E-state index in [1.165, 1.54) is 0 Å². The Morgan fingerprint density at radius 3 is 2.74 bits per heavy atom. The number of rotatable bonds is 4. The molecule has 0 aliphatic rings. The van der Waals surface area contributed by atoms with E-state index in [9.17, 15) is 9.59 Å². The minimum Gasteiger partial charge on any atom is -0.351 e. The van der Waals surface area contributed by atoms with Gasteiger partial charge in [-0.2, -0.15) is 0 Å². The van der Waals surface area contributed by atoms with E-state index in [1.807, 2.05) is 31.2 Å². The molecule has 0 aliphatic heterocycles. The van der Waals surface area contributed by atoms with Gasteiger partial charge in [-0.25, -0.2) is 0 Å². The molecule has 0 spiro atoms. The molecule has 0 fully saturated rings. The van der Waals surface area contributed by atoms with Crippen molar-refractivity contribution in [3.8, 4) is 0 Å². The van der Waals surface area contributed by atoms with Crippen molar-refractivity contribution in [2.24, 2.45) is 0 Å². The molecule has 1 aromatic carbocycles. The van der Waals surface area contributed by atoms with Gasteiger partial charge in [0.25, 0.3) is 5.91 Å². The van der Waals surface area contributed by atoms with Crippen LogP contribution in [-0.4, -0.2) is 41.8 Å². The molecule has 1 aromatic heterocycles. The standard InChI is InChI=1S/C14H17N3O2/c1-3-17(2)13(18)9-15-14(19)12-8-10-6-4-5-7-11(10)16-12/h4-8,16H,3,9H2,1-2H3,(H,15,19). The van der Waals surface area contributed by atoms with Gasteiger partial charge in [0.15, 0.2) is 0 Å². The van der Waals surface area contributed by atoms with Gasteiger partial charge in [0.1, 0.15) is 5.69 Å². The molecule has 2 amide bonds. The van der Waals surface area contributed by atoms with Crippen molar-refractivity contribution < 1.29 is 9.59 Å². The molecular weight excluding hydrogens is 242 g/mol. The van der Waals surface area contributed by atoms with E-state index >= 15 is 0 Å². The van der Waals surface area contributed by atoms with Gasteiger partial charge in [-0.05, 0) is 19.1 Å². The van der Waals surface area contributed by atoms with Crippen molar-refractivity contribution >= 4 is 22.7 Å². The molecule has 2 rings (SSSR count). The summed E-state index contributed by atoms with van der Waals surface area (Å²) < 4.78 is 0. The number of aromatic amines is 1. The molecule has 100 valence electrons. The lowest BCUT2D eigenvalue weighted by atomic mass is 10.2. The normalized spacial score (nSPS) is 10.4. The highest BCUT2D eigenvalue weighted by molar-refractivity contribution is 5.99. The Hall–Kier alpha value is -2.30. The molecule has 2 aromatic rings. The number of carbonyl (C=O) groups excluding carboxylic acids is 2. The molecule has 0 atom stereocenters. The first-order chi connectivity index (χ1) is 9.11. The molecule has 19 heavy (non-hydrogen) atoms. The lowest BCUT2D eigenvalue weighted by molar-refractivity contribution is -0.128. The third-order valence-electron chi connectivity index (χ3n) is 3.07. The molecule has 0 aliphatic carbocycles. The number of nitrogens with one attached hydrogen (secondary N) is 2. The summed E-state index contributed by atoms with van der Waals surface area (Å²) >= 11 is 0. The van der Waals surface area contributed by atoms with Gasteiger partial charge in [0, 0.05) is 24.5 Å². The minimum absolute atomic E-state index is 0.0124. The van der Waals surface area contributed by atoms with E-state index in [-0.39, 0.29) is 18.4 Å². The topological polar surface area (TPSA) is 65.2 Å². The monoisotopic (exact) mass is 259 g/mol. The van der Waals surface area contributed by atoms with Crippen molar-refractivity contribution in [2.75, 3.05) is 20.1 Å². The largest absolute Gasteiger partial charge is 0.351 e. The highest BCUT2D eigenvalue weighted by Gasteiger charge is 2.12. The summed E-state index contributed by atoms with van der Waals surface area (Å²) in [6, 6.07) is 9.43. The lowest BCUT2D eigenvalue weighted by Gasteiger charge is -2.14. The van der Waals surface area contributed by atoms with Gasteiger partial charge in [-0.3, -0.25) is 9.59 Å². The second-order valence-electron chi connectivity index (χ2n) is 4.36. The number of carbonyl (C=O) groups is 2. The summed E-state index contributed by atoms with van der Waals surface area (Å²) in [7, 11) is 1.71. The number of para-hydroxylation sites is 1. The van der Waals surface area contributed by atoms with Crippen LogP contribution in [0.5, 0.6) is 0 Å². The number of hydrogen-bond donors (Lipinski definition) is 2. The Morgan fingerprint density at radius 1 is 1.32 bits per heavy atom. The SMILES string of the molecule is CCN(C)C(=O)CNC(=O)c1cc2ccccc2[nH]1. The zero-order chi connectivity index (χ0) is 13.8. The molecule has 2 N–H and O–H groups in total. The first-order valence-electron chi connectivity index (χ1n) is 6.21. The summed E-state index contributed by atoms with van der Waals surface area (Å²) in [6.07, 6.45) is 0. The van der Waals surface area contributed by atoms with E-state index in [0.29, 0.717) is 12.2 Å². The van der Waals surface area contributed by atoms with Crippen molar-refractivity contribution in [1.82, 2.24) is 15.2 Å². The van der Waals surface area contributed by atoms with Crippen LogP contribution in [0.3, 0.4) is 0 Å². The summed E-state index contributed by atoms with van der Waals surface area (Å²) in [6.45, 7) is 2.52. The Morgan fingerprint density at radius 2 is 2.05 bits per heavy atom. The summed E-state index contributed by atoms with van der Waals surface area (Å²) in [4.78, 5) is 28.1. The number of fused-ring (bicyclic) bond motifs is 1. The van der Waals surface area contributed by atoms with Crippen LogP contribution in [0, 0.1) is 0 Å². The van der Waals surface area contributed by atoms with Crippen molar-refractivity contribution in [3.63, 3.8) is 0 Å². The zero-order valence-corrected chi connectivity index (χ0v) is 11.1. The van der Waals surface area contributed by atoms with Crippen LogP contribution in [0.25, 0.3) is 10.9 Å². The summed E-state index contributed by atoms with van der Waals surface area (Å²) in [5.74, 6) is -0.374. The molecule has 0 saturated heterocycles. The Bertz CT molecular complexity index is 571. The van der Waals surface area contributed by atoms with E-state index in [4.69, 9.17) is 0 Å². The van der Waals surface area contributed by atoms with Gasteiger partial charge in [0.2, 0.25) is 5.91 Å². The zero-order valence-electron chi connectivity index (χ0n) is 11.1. The van der Waals surface area contributed by atoms with Crippen molar-refractivity contribution in [3.05, 3.63) is 36.0 Å². The Kier molecular flexibility index (Phi) is 3.85. The quantitative estimate of drug-likeness (QED) is 0.871. The maximum Gasteiger partial charge on any atom is 0.268 e. The van der Waals surface area contributed by atoms with Crippen LogP contribution in [-0.2, 0) is 4.79 Å². The van der Waals surface area contributed by atoms with E-state index in [2.05, 4.69) is 10.3 Å². The number of aromatic nitrogens is 1. The third-order valence-corrected chi connectivity index (χ3v) is 3.07. The fourth-order valence-corrected chi connectivity index (χ4v) is 1.76. The number of H-pyrrole nitrogens is 1. The Labute approximate surface area is 111 Å². The second kappa shape index (κ2) is 5.56. The number of benzene rings is 1. The highest BCUT2D eigenvalue weighted by Crippen LogP contribution is 2.14. The first kappa shape index (κ1) is 13.1. The van der Waals surface area contributed by atoms with Gasteiger partial charge in [0.05, 0.1) is 6.54 Å². The van der Waals surface area contributed by atoms with Gasteiger partial charge in [-0.15, -0.1) is 0 Å². The average molecular weight is 259 g/mol. The highest BCUT2D eigenvalue weighted by atomic mass is 16.2. The van der Waals surface area contributed by atoms with Crippen LogP contribution in [0.4, 0.5) is 0 Å². The van der Waals surface area contributed by atoms with Gasteiger partial charge >= 0.3 is 0 Å². The van der Waals surface area contributed by atoms with Gasteiger partial charge in [-0.1, -0.05) is 18.2 Å². The van der Waals surface area contributed by atoms with Crippen LogP contribution in [0.2, 0.25) is 0 Å². The predicted octanol–water partition coefficient (Wildman–Crippen LogP) is 1.38. The molecule has 5 heteroatoms. The van der Waals surface area contributed by atoms with Gasteiger partial charge < -0.3 is 15.2 Å². The average Bonchev–Trinajstić information content (AvgIpc) is 2.87. The maximum absolute atomic E-state index is 11.9. The van der Waals surface area contributed by atoms with Crippen LogP contribution in [0.1, 0.15) is 17.4 Å². The molecule has 5 nitrogen and oxygen atoms in total. The van der Waals surface area contributed by atoms with E-state index in [1.54, 1.807) is 18.0 Å². The number of likely N-dealkylation sites (N-methyl/N-ethyl adjacent to an activating group) is 1. The fourth-order valence-electron chi connectivity index (χ4n) is 1.76. The van der Waals surface area contributed by atoms with Crippen molar-refractivity contribution in [1.29, 1.82) is 0 Å². The van der Waals surface area contributed by atoms with E-state index < -0.39 is 0 Å².